The first-order valence-electron chi connectivity index (χ1n) is 10.7. The van der Waals surface area contributed by atoms with Crippen molar-refractivity contribution in [3.8, 4) is 0 Å². The number of guanidine groups is 1. The van der Waals surface area contributed by atoms with Gasteiger partial charge in [0, 0.05) is 38.9 Å². The lowest BCUT2D eigenvalue weighted by Crippen LogP contribution is -2.41. The summed E-state index contributed by atoms with van der Waals surface area (Å²) in [4.78, 5) is 9.51. The van der Waals surface area contributed by atoms with Crippen LogP contribution < -0.4 is 15.5 Å². The molecule has 0 spiro atoms. The van der Waals surface area contributed by atoms with Crippen LogP contribution in [-0.4, -0.2) is 57.2 Å². The molecule has 0 bridgehead atoms. The number of hydrogen-bond donors (Lipinski definition) is 2. The standard InChI is InChI=1S/C22H37N5.HI/c1-4-11-26-14-10-19(17-26)16-24-22(23-3)25-18(2)20-8-7-9-21(15-20)27-12-5-6-13-27;/h7-9,15,18-19H,4-6,10-14,16-17H2,1-3H3,(H2,23,24,25);1H. The molecule has 2 fully saturated rings. The Morgan fingerprint density at radius 2 is 2.04 bits per heavy atom. The van der Waals surface area contributed by atoms with Gasteiger partial charge in [0.1, 0.15) is 0 Å². The van der Waals surface area contributed by atoms with E-state index in [0.29, 0.717) is 0 Å². The maximum atomic E-state index is 4.44. The van der Waals surface area contributed by atoms with E-state index in [9.17, 15) is 0 Å². The van der Waals surface area contributed by atoms with Crippen molar-refractivity contribution in [2.24, 2.45) is 10.9 Å². The maximum Gasteiger partial charge on any atom is 0.191 e. The molecule has 1 aromatic rings. The molecular formula is C22H38IN5. The van der Waals surface area contributed by atoms with Crippen molar-refractivity contribution in [1.29, 1.82) is 0 Å². The summed E-state index contributed by atoms with van der Waals surface area (Å²) in [5.41, 5.74) is 2.67. The number of likely N-dealkylation sites (tertiary alicyclic amines) is 1. The Bertz CT molecular complexity index is 615. The number of aliphatic imine (C=N–C) groups is 1. The fraction of sp³-hybridized carbons (Fsp3) is 0.682. The highest BCUT2D eigenvalue weighted by atomic mass is 127. The SMILES string of the molecule is CCCN1CCC(CNC(=NC)NC(C)c2cccc(N3CCCC3)c2)C1.I. The smallest absolute Gasteiger partial charge is 0.191 e. The van der Waals surface area contributed by atoms with Crippen LogP contribution >= 0.6 is 24.0 Å². The van der Waals surface area contributed by atoms with Crippen LogP contribution in [0.3, 0.4) is 0 Å². The summed E-state index contributed by atoms with van der Waals surface area (Å²) in [7, 11) is 1.86. The molecule has 1 aromatic carbocycles. The van der Waals surface area contributed by atoms with Gasteiger partial charge in [-0.25, -0.2) is 0 Å². The van der Waals surface area contributed by atoms with E-state index in [1.807, 2.05) is 7.05 Å². The number of nitrogens with zero attached hydrogens (tertiary/aromatic N) is 3. The first kappa shape index (κ1) is 23.3. The maximum absolute atomic E-state index is 4.44. The minimum absolute atomic E-state index is 0. The van der Waals surface area contributed by atoms with E-state index in [2.05, 4.69) is 63.5 Å². The van der Waals surface area contributed by atoms with Gasteiger partial charge in [0.2, 0.25) is 0 Å². The molecule has 2 unspecified atom stereocenters. The van der Waals surface area contributed by atoms with E-state index < -0.39 is 0 Å². The number of anilines is 1. The molecule has 0 aliphatic carbocycles. The molecule has 158 valence electrons. The number of hydrogen-bond acceptors (Lipinski definition) is 3. The Morgan fingerprint density at radius 1 is 1.25 bits per heavy atom. The van der Waals surface area contributed by atoms with Gasteiger partial charge in [0.05, 0.1) is 6.04 Å². The second kappa shape index (κ2) is 11.9. The first-order chi connectivity index (χ1) is 13.2. The lowest BCUT2D eigenvalue weighted by atomic mass is 10.1. The van der Waals surface area contributed by atoms with Gasteiger partial charge in [-0.15, -0.1) is 24.0 Å². The zero-order valence-corrected chi connectivity index (χ0v) is 20.1. The summed E-state index contributed by atoms with van der Waals surface area (Å²) in [5.74, 6) is 1.63. The van der Waals surface area contributed by atoms with Gasteiger partial charge in [0.25, 0.3) is 0 Å². The molecule has 6 heteroatoms. The van der Waals surface area contributed by atoms with Gasteiger partial charge in [-0.2, -0.15) is 0 Å². The van der Waals surface area contributed by atoms with Crippen LogP contribution in [0.5, 0.6) is 0 Å². The monoisotopic (exact) mass is 499 g/mol. The fourth-order valence-corrected chi connectivity index (χ4v) is 4.29. The molecule has 28 heavy (non-hydrogen) atoms. The number of benzene rings is 1. The molecule has 2 aliphatic rings. The molecule has 3 rings (SSSR count). The zero-order valence-electron chi connectivity index (χ0n) is 17.8. The van der Waals surface area contributed by atoms with Crippen molar-refractivity contribution in [3.05, 3.63) is 29.8 Å². The Labute approximate surface area is 188 Å². The van der Waals surface area contributed by atoms with E-state index in [0.717, 1.165) is 18.4 Å². The average Bonchev–Trinajstić information content (AvgIpc) is 3.37. The van der Waals surface area contributed by atoms with Crippen LogP contribution in [0.15, 0.2) is 29.3 Å². The average molecular weight is 499 g/mol. The highest BCUT2D eigenvalue weighted by Gasteiger charge is 2.22. The highest BCUT2D eigenvalue weighted by Crippen LogP contribution is 2.24. The largest absolute Gasteiger partial charge is 0.372 e. The molecule has 0 aromatic heterocycles. The molecule has 2 N–H and O–H groups in total. The first-order valence-corrected chi connectivity index (χ1v) is 10.7. The molecule has 2 atom stereocenters. The van der Waals surface area contributed by atoms with E-state index in [1.165, 1.54) is 69.7 Å². The summed E-state index contributed by atoms with van der Waals surface area (Å²) in [6, 6.07) is 9.19. The quantitative estimate of drug-likeness (QED) is 0.340. The highest BCUT2D eigenvalue weighted by molar-refractivity contribution is 14.0. The van der Waals surface area contributed by atoms with E-state index >= 15 is 0 Å². The van der Waals surface area contributed by atoms with Crippen molar-refractivity contribution in [2.75, 3.05) is 51.2 Å². The van der Waals surface area contributed by atoms with Crippen LogP contribution in [0, 0.1) is 5.92 Å². The third-order valence-electron chi connectivity index (χ3n) is 5.89. The van der Waals surface area contributed by atoms with Gasteiger partial charge in [0.15, 0.2) is 5.96 Å². The summed E-state index contributed by atoms with van der Waals surface area (Å²) < 4.78 is 0. The second-order valence-corrected chi connectivity index (χ2v) is 8.06. The minimum atomic E-state index is 0. The molecule has 0 saturated carbocycles. The van der Waals surface area contributed by atoms with Gasteiger partial charge in [-0.1, -0.05) is 19.1 Å². The van der Waals surface area contributed by atoms with Crippen LogP contribution in [0.4, 0.5) is 5.69 Å². The fourth-order valence-electron chi connectivity index (χ4n) is 4.29. The second-order valence-electron chi connectivity index (χ2n) is 8.06. The van der Waals surface area contributed by atoms with Gasteiger partial charge in [-0.3, -0.25) is 4.99 Å². The van der Waals surface area contributed by atoms with Crippen LogP contribution in [-0.2, 0) is 0 Å². The van der Waals surface area contributed by atoms with Crippen LogP contribution in [0.2, 0.25) is 0 Å². The van der Waals surface area contributed by atoms with Crippen molar-refractivity contribution in [3.63, 3.8) is 0 Å². The molecule has 2 aliphatic heterocycles. The predicted octanol–water partition coefficient (Wildman–Crippen LogP) is 3.86. The van der Waals surface area contributed by atoms with Crippen molar-refractivity contribution in [2.45, 2.75) is 45.6 Å². The summed E-state index contributed by atoms with van der Waals surface area (Å²) >= 11 is 0. The van der Waals surface area contributed by atoms with Gasteiger partial charge in [-0.05, 0) is 69.3 Å². The van der Waals surface area contributed by atoms with E-state index in [-0.39, 0.29) is 30.0 Å². The molecule has 2 saturated heterocycles. The molecule has 0 amide bonds. The van der Waals surface area contributed by atoms with Gasteiger partial charge < -0.3 is 20.4 Å². The summed E-state index contributed by atoms with van der Waals surface area (Å²) in [5, 5.41) is 7.11. The Hall–Kier alpha value is -1.02. The number of rotatable bonds is 7. The topological polar surface area (TPSA) is 42.9 Å². The minimum Gasteiger partial charge on any atom is -0.372 e. The summed E-state index contributed by atoms with van der Waals surface area (Å²) in [6.45, 7) is 11.5. The third kappa shape index (κ3) is 6.51. The lowest BCUT2D eigenvalue weighted by Gasteiger charge is -2.22. The van der Waals surface area contributed by atoms with Crippen LogP contribution in [0.1, 0.15) is 51.1 Å². The van der Waals surface area contributed by atoms with Gasteiger partial charge >= 0.3 is 0 Å². The Morgan fingerprint density at radius 3 is 2.75 bits per heavy atom. The van der Waals surface area contributed by atoms with Crippen molar-refractivity contribution < 1.29 is 0 Å². The summed E-state index contributed by atoms with van der Waals surface area (Å²) in [6.07, 6.45) is 5.16. The van der Waals surface area contributed by atoms with Crippen molar-refractivity contribution in [1.82, 2.24) is 15.5 Å². The number of nitrogens with one attached hydrogen (secondary N) is 2. The molecular weight excluding hydrogens is 461 g/mol. The van der Waals surface area contributed by atoms with Crippen LogP contribution in [0.25, 0.3) is 0 Å². The molecule has 0 radical (unpaired) electrons. The zero-order chi connectivity index (χ0) is 19.1. The van der Waals surface area contributed by atoms with Crippen molar-refractivity contribution >= 4 is 35.6 Å². The van der Waals surface area contributed by atoms with E-state index in [4.69, 9.17) is 0 Å². The molecule has 5 nitrogen and oxygen atoms in total. The van der Waals surface area contributed by atoms with E-state index in [1.54, 1.807) is 0 Å². The lowest BCUT2D eigenvalue weighted by molar-refractivity contribution is 0.324. The predicted molar refractivity (Wildman–Crippen MR) is 131 cm³/mol. The third-order valence-corrected chi connectivity index (χ3v) is 5.89. The normalized spacial score (nSPS) is 21.5. The Kier molecular flexibility index (Phi) is 9.85. The molecule has 2 heterocycles. The number of halogens is 1. The Balaban J connectivity index is 0.00000280.